The van der Waals surface area contributed by atoms with Gasteiger partial charge in [-0.25, -0.2) is 17.5 Å². The number of aromatic amines is 1. The van der Waals surface area contributed by atoms with Gasteiger partial charge < -0.3 is 9.88 Å². The number of hydrogen-bond acceptors (Lipinski definition) is 3. The molecule has 0 bridgehead atoms. The Morgan fingerprint density at radius 3 is 2.85 bits per heavy atom. The molecule has 8 heteroatoms. The Labute approximate surface area is 156 Å². The molecule has 1 aliphatic heterocycles. The molecule has 1 aromatic heterocycles. The van der Waals surface area contributed by atoms with Crippen LogP contribution in [0.2, 0.25) is 0 Å². The lowest BCUT2D eigenvalue weighted by Gasteiger charge is -2.11. The SMILES string of the molecule is CN1C(=O)Cc2cc(S(=O)(=O)NCCc3c[nH]c4cc(F)ccc34)ccc21. The van der Waals surface area contributed by atoms with Crippen LogP contribution < -0.4 is 9.62 Å². The molecule has 0 unspecified atom stereocenters. The zero-order chi connectivity index (χ0) is 19.2. The summed E-state index contributed by atoms with van der Waals surface area (Å²) in [6, 6.07) is 9.18. The predicted octanol–water partition coefficient (Wildman–Crippen LogP) is 2.35. The van der Waals surface area contributed by atoms with Crippen LogP contribution in [0.3, 0.4) is 0 Å². The van der Waals surface area contributed by atoms with Crippen molar-refractivity contribution in [3.05, 3.63) is 59.5 Å². The summed E-state index contributed by atoms with van der Waals surface area (Å²) in [4.78, 5) is 16.4. The Morgan fingerprint density at radius 1 is 1.22 bits per heavy atom. The third-order valence-electron chi connectivity index (χ3n) is 4.85. The van der Waals surface area contributed by atoms with Crippen molar-refractivity contribution in [2.45, 2.75) is 17.7 Å². The summed E-state index contributed by atoms with van der Waals surface area (Å²) in [6.07, 6.45) is 2.44. The second-order valence-corrected chi connectivity index (χ2v) is 8.34. The lowest BCUT2D eigenvalue weighted by molar-refractivity contribution is -0.117. The number of carbonyl (C=O) groups excluding carboxylic acids is 1. The normalized spacial score (nSPS) is 14.1. The quantitative estimate of drug-likeness (QED) is 0.705. The highest BCUT2D eigenvalue weighted by Crippen LogP contribution is 2.29. The van der Waals surface area contributed by atoms with Gasteiger partial charge in [-0.1, -0.05) is 0 Å². The number of carbonyl (C=O) groups is 1. The molecule has 27 heavy (non-hydrogen) atoms. The van der Waals surface area contributed by atoms with E-state index in [4.69, 9.17) is 0 Å². The molecule has 6 nitrogen and oxygen atoms in total. The molecule has 0 radical (unpaired) electrons. The molecule has 0 fully saturated rings. The third-order valence-corrected chi connectivity index (χ3v) is 6.31. The summed E-state index contributed by atoms with van der Waals surface area (Å²) in [5.41, 5.74) is 3.04. The van der Waals surface area contributed by atoms with Crippen molar-refractivity contribution >= 4 is 32.5 Å². The number of nitrogens with one attached hydrogen (secondary N) is 2. The Hall–Kier alpha value is -2.71. The van der Waals surface area contributed by atoms with E-state index in [1.165, 1.54) is 23.1 Å². The number of sulfonamides is 1. The lowest BCUT2D eigenvalue weighted by Crippen LogP contribution is -2.26. The fourth-order valence-electron chi connectivity index (χ4n) is 3.38. The lowest BCUT2D eigenvalue weighted by atomic mass is 10.1. The minimum Gasteiger partial charge on any atom is -0.361 e. The van der Waals surface area contributed by atoms with Gasteiger partial charge in [0.1, 0.15) is 5.82 Å². The van der Waals surface area contributed by atoms with Gasteiger partial charge in [0.05, 0.1) is 11.3 Å². The van der Waals surface area contributed by atoms with Gasteiger partial charge in [0, 0.05) is 36.4 Å². The van der Waals surface area contributed by atoms with E-state index >= 15 is 0 Å². The van der Waals surface area contributed by atoms with Gasteiger partial charge in [0.2, 0.25) is 15.9 Å². The van der Waals surface area contributed by atoms with Crippen LogP contribution in [-0.2, 0) is 27.7 Å². The third kappa shape index (κ3) is 3.22. The fraction of sp³-hybridized carbons (Fsp3) is 0.211. The Bertz CT molecular complexity index is 1150. The van der Waals surface area contributed by atoms with E-state index in [0.717, 1.165) is 16.6 Å². The molecule has 3 aromatic rings. The van der Waals surface area contributed by atoms with Crippen molar-refractivity contribution in [2.75, 3.05) is 18.5 Å². The monoisotopic (exact) mass is 387 g/mol. The summed E-state index contributed by atoms with van der Waals surface area (Å²) < 4.78 is 41.0. The van der Waals surface area contributed by atoms with Gasteiger partial charge in [0.25, 0.3) is 0 Å². The number of fused-ring (bicyclic) bond motifs is 2. The Kier molecular flexibility index (Phi) is 4.24. The van der Waals surface area contributed by atoms with Gasteiger partial charge in [-0.3, -0.25) is 4.79 Å². The second-order valence-electron chi connectivity index (χ2n) is 6.57. The molecular formula is C19H18FN3O3S. The zero-order valence-corrected chi connectivity index (χ0v) is 15.4. The summed E-state index contributed by atoms with van der Waals surface area (Å²) >= 11 is 0. The van der Waals surface area contributed by atoms with Crippen LogP contribution in [0.4, 0.5) is 10.1 Å². The number of likely N-dealkylation sites (N-methyl/N-ethyl adjacent to an activating group) is 1. The van der Waals surface area contributed by atoms with Crippen LogP contribution in [0, 0.1) is 5.82 Å². The van der Waals surface area contributed by atoms with Crippen molar-refractivity contribution < 1.29 is 17.6 Å². The van der Waals surface area contributed by atoms with Crippen LogP contribution in [0.15, 0.2) is 47.5 Å². The standard InChI is InChI=1S/C19H18FN3O3S/c1-23-18-5-3-15(8-13(18)9-19(23)24)27(25,26)22-7-6-12-11-21-17-10-14(20)2-4-16(12)17/h2-5,8,10-11,21-22H,6-7,9H2,1H3. The van der Waals surface area contributed by atoms with E-state index in [-0.39, 0.29) is 29.6 Å². The highest BCUT2D eigenvalue weighted by atomic mass is 32.2. The van der Waals surface area contributed by atoms with E-state index in [2.05, 4.69) is 9.71 Å². The van der Waals surface area contributed by atoms with E-state index < -0.39 is 10.0 Å². The Balaban J connectivity index is 1.48. The zero-order valence-electron chi connectivity index (χ0n) is 14.6. The average Bonchev–Trinajstić information content (AvgIpc) is 3.15. The van der Waals surface area contributed by atoms with E-state index in [9.17, 15) is 17.6 Å². The molecule has 2 aromatic carbocycles. The molecule has 0 aliphatic carbocycles. The number of halogens is 1. The highest BCUT2D eigenvalue weighted by molar-refractivity contribution is 7.89. The maximum absolute atomic E-state index is 13.2. The van der Waals surface area contributed by atoms with Crippen LogP contribution in [0.25, 0.3) is 10.9 Å². The number of nitrogens with zero attached hydrogens (tertiary/aromatic N) is 1. The smallest absolute Gasteiger partial charge is 0.240 e. The molecule has 0 spiro atoms. The number of hydrogen-bond donors (Lipinski definition) is 2. The van der Waals surface area contributed by atoms with Gasteiger partial charge in [-0.15, -0.1) is 0 Å². The molecule has 1 amide bonds. The molecule has 2 N–H and O–H groups in total. The summed E-state index contributed by atoms with van der Waals surface area (Å²) in [6.45, 7) is 0.211. The van der Waals surface area contributed by atoms with Crippen molar-refractivity contribution in [1.29, 1.82) is 0 Å². The maximum Gasteiger partial charge on any atom is 0.240 e. The summed E-state index contributed by atoms with van der Waals surface area (Å²) in [5, 5.41) is 0.870. The van der Waals surface area contributed by atoms with Crippen molar-refractivity contribution in [3.8, 4) is 0 Å². The first kappa shape index (κ1) is 17.7. The van der Waals surface area contributed by atoms with Crippen LogP contribution in [-0.4, -0.2) is 32.9 Å². The van der Waals surface area contributed by atoms with Crippen LogP contribution in [0.5, 0.6) is 0 Å². The fourth-order valence-corrected chi connectivity index (χ4v) is 4.46. The molecule has 1 aliphatic rings. The molecule has 2 heterocycles. The van der Waals surface area contributed by atoms with Crippen LogP contribution >= 0.6 is 0 Å². The largest absolute Gasteiger partial charge is 0.361 e. The van der Waals surface area contributed by atoms with Crippen molar-refractivity contribution in [1.82, 2.24) is 9.71 Å². The van der Waals surface area contributed by atoms with Crippen molar-refractivity contribution in [3.63, 3.8) is 0 Å². The number of H-pyrrole nitrogens is 1. The van der Waals surface area contributed by atoms with Gasteiger partial charge in [-0.2, -0.15) is 0 Å². The average molecular weight is 387 g/mol. The number of aromatic nitrogens is 1. The van der Waals surface area contributed by atoms with Gasteiger partial charge >= 0.3 is 0 Å². The summed E-state index contributed by atoms with van der Waals surface area (Å²) in [5.74, 6) is -0.374. The number of rotatable bonds is 5. The summed E-state index contributed by atoms with van der Waals surface area (Å²) in [7, 11) is -2.01. The topological polar surface area (TPSA) is 82.3 Å². The molecule has 0 saturated heterocycles. The van der Waals surface area contributed by atoms with Gasteiger partial charge in [0.15, 0.2) is 0 Å². The van der Waals surface area contributed by atoms with Crippen LogP contribution in [0.1, 0.15) is 11.1 Å². The minimum atomic E-state index is -3.68. The highest BCUT2D eigenvalue weighted by Gasteiger charge is 2.26. The van der Waals surface area contributed by atoms with E-state index in [1.54, 1.807) is 31.4 Å². The first-order chi connectivity index (χ1) is 12.8. The number of anilines is 1. The Morgan fingerprint density at radius 2 is 2.04 bits per heavy atom. The second kappa shape index (κ2) is 6.47. The molecule has 0 saturated carbocycles. The molecule has 0 atom stereocenters. The predicted molar refractivity (Wildman–Crippen MR) is 101 cm³/mol. The minimum absolute atomic E-state index is 0.0525. The number of benzene rings is 2. The van der Waals surface area contributed by atoms with E-state index in [0.29, 0.717) is 17.5 Å². The number of amides is 1. The molecule has 4 rings (SSSR count). The first-order valence-electron chi connectivity index (χ1n) is 8.50. The van der Waals surface area contributed by atoms with Crippen molar-refractivity contribution in [2.24, 2.45) is 0 Å². The molecular weight excluding hydrogens is 369 g/mol. The molecule has 140 valence electrons. The van der Waals surface area contributed by atoms with Gasteiger partial charge in [-0.05, 0) is 53.9 Å². The van der Waals surface area contributed by atoms with E-state index in [1.807, 2.05) is 0 Å². The first-order valence-corrected chi connectivity index (χ1v) is 9.98. The maximum atomic E-state index is 13.2.